The van der Waals surface area contributed by atoms with Crippen LogP contribution in [-0.2, 0) is 4.74 Å². The summed E-state index contributed by atoms with van der Waals surface area (Å²) in [5.41, 5.74) is -0.589. The van der Waals surface area contributed by atoms with Gasteiger partial charge in [0.15, 0.2) is 0 Å². The molecule has 13 heavy (non-hydrogen) atoms. The first-order chi connectivity index (χ1) is 5.83. The number of rotatable bonds is 5. The van der Waals surface area contributed by atoms with E-state index in [0.717, 1.165) is 0 Å². The van der Waals surface area contributed by atoms with Gasteiger partial charge in [-0.25, -0.2) is 0 Å². The van der Waals surface area contributed by atoms with Crippen LogP contribution in [0.4, 0.5) is 13.2 Å². The Morgan fingerprint density at radius 1 is 1.08 bits per heavy atom. The Kier molecular flexibility index (Phi) is 5.40. The van der Waals surface area contributed by atoms with Crippen LogP contribution in [0.3, 0.4) is 0 Å². The van der Waals surface area contributed by atoms with Crippen molar-refractivity contribution >= 4 is 23.2 Å². The molecular weight excluding hydrogens is 228 g/mol. The molecule has 0 radical (unpaired) electrons. The van der Waals surface area contributed by atoms with E-state index in [9.17, 15) is 13.2 Å². The minimum atomic E-state index is -4.29. The molecule has 0 aromatic rings. The van der Waals surface area contributed by atoms with E-state index >= 15 is 0 Å². The molecule has 0 rings (SSSR count). The Morgan fingerprint density at radius 3 is 1.85 bits per heavy atom. The van der Waals surface area contributed by atoms with Gasteiger partial charge in [-0.15, -0.1) is 23.2 Å². The molecule has 0 bridgehead atoms. The van der Waals surface area contributed by atoms with Gasteiger partial charge >= 0.3 is 6.18 Å². The van der Waals surface area contributed by atoms with E-state index in [1.807, 2.05) is 0 Å². The van der Waals surface area contributed by atoms with Gasteiger partial charge < -0.3 is 4.74 Å². The lowest BCUT2D eigenvalue weighted by molar-refractivity contribution is -0.178. The summed E-state index contributed by atoms with van der Waals surface area (Å²) in [6.07, 6.45) is -4.29. The van der Waals surface area contributed by atoms with Gasteiger partial charge in [0, 0.05) is 17.2 Å². The van der Waals surface area contributed by atoms with Crippen molar-refractivity contribution in [3.05, 3.63) is 0 Å². The second-order valence-electron chi connectivity index (χ2n) is 3.19. The maximum Gasteiger partial charge on any atom is 0.411 e. The van der Waals surface area contributed by atoms with Gasteiger partial charge in [0.2, 0.25) is 0 Å². The summed E-state index contributed by atoms with van der Waals surface area (Å²) in [7, 11) is 0. The first-order valence-corrected chi connectivity index (χ1v) is 4.66. The average Bonchev–Trinajstić information content (AvgIpc) is 2.02. The van der Waals surface area contributed by atoms with Crippen LogP contribution in [-0.4, -0.2) is 31.2 Å². The van der Waals surface area contributed by atoms with Gasteiger partial charge in [-0.05, 0) is 0 Å². The van der Waals surface area contributed by atoms with E-state index < -0.39 is 18.2 Å². The predicted octanol–water partition coefficient (Wildman–Crippen LogP) is 3.05. The van der Waals surface area contributed by atoms with Crippen molar-refractivity contribution in [2.24, 2.45) is 5.41 Å². The van der Waals surface area contributed by atoms with Crippen LogP contribution < -0.4 is 0 Å². The van der Waals surface area contributed by atoms with Crippen LogP contribution in [0.25, 0.3) is 0 Å². The number of halogens is 5. The summed E-state index contributed by atoms with van der Waals surface area (Å²) < 4.78 is 39.4. The number of ether oxygens (including phenoxy) is 1. The van der Waals surface area contributed by atoms with E-state index in [1.165, 1.54) is 0 Å². The molecule has 0 amide bonds. The van der Waals surface area contributed by atoms with Gasteiger partial charge in [0.05, 0.1) is 6.61 Å². The molecule has 0 saturated carbocycles. The minimum Gasteiger partial charge on any atom is -0.371 e. The van der Waals surface area contributed by atoms with Gasteiger partial charge in [-0.3, -0.25) is 0 Å². The summed E-state index contributed by atoms with van der Waals surface area (Å²) >= 11 is 11.0. The minimum absolute atomic E-state index is 0.0838. The van der Waals surface area contributed by atoms with Gasteiger partial charge in [-0.2, -0.15) is 13.2 Å². The fourth-order valence-corrected chi connectivity index (χ4v) is 0.966. The molecule has 1 nitrogen and oxygen atoms in total. The van der Waals surface area contributed by atoms with Crippen molar-refractivity contribution < 1.29 is 17.9 Å². The van der Waals surface area contributed by atoms with Crippen LogP contribution >= 0.6 is 23.2 Å². The van der Waals surface area contributed by atoms with E-state index in [4.69, 9.17) is 23.2 Å². The summed E-state index contributed by atoms with van der Waals surface area (Å²) in [5, 5.41) is 0. The molecule has 0 saturated heterocycles. The lowest BCUT2D eigenvalue weighted by Crippen LogP contribution is -2.30. The fraction of sp³-hybridized carbons (Fsp3) is 1.00. The molecule has 0 aromatic carbocycles. The monoisotopic (exact) mass is 238 g/mol. The van der Waals surface area contributed by atoms with E-state index in [-0.39, 0.29) is 18.4 Å². The number of alkyl halides is 5. The molecular formula is C7H11Cl2F3O. The number of hydrogen-bond donors (Lipinski definition) is 0. The Balaban J connectivity index is 3.74. The molecule has 0 aromatic heterocycles. The highest BCUT2D eigenvalue weighted by Gasteiger charge is 2.30. The van der Waals surface area contributed by atoms with Crippen LogP contribution in [0.5, 0.6) is 0 Å². The normalized spacial score (nSPS) is 13.4. The van der Waals surface area contributed by atoms with E-state index in [2.05, 4.69) is 4.74 Å². The Hall–Kier alpha value is 0.330. The molecule has 0 aliphatic rings. The molecule has 0 atom stereocenters. The second-order valence-corrected chi connectivity index (χ2v) is 3.72. The van der Waals surface area contributed by atoms with Crippen LogP contribution in [0.2, 0.25) is 0 Å². The predicted molar refractivity (Wildman–Crippen MR) is 46.4 cm³/mol. The fourth-order valence-electron chi connectivity index (χ4n) is 0.526. The highest BCUT2D eigenvalue weighted by atomic mass is 35.5. The number of hydrogen-bond acceptors (Lipinski definition) is 1. The quantitative estimate of drug-likeness (QED) is 0.670. The third-order valence-corrected chi connectivity index (χ3v) is 2.65. The van der Waals surface area contributed by atoms with Crippen LogP contribution in [0, 0.1) is 5.41 Å². The summed E-state index contributed by atoms with van der Waals surface area (Å²) in [4.78, 5) is 0. The van der Waals surface area contributed by atoms with Crippen molar-refractivity contribution in [1.29, 1.82) is 0 Å². The highest BCUT2D eigenvalue weighted by molar-refractivity contribution is 6.21. The molecule has 0 N–H and O–H groups in total. The Morgan fingerprint density at radius 2 is 1.54 bits per heavy atom. The highest BCUT2D eigenvalue weighted by Crippen LogP contribution is 2.22. The molecule has 6 heteroatoms. The van der Waals surface area contributed by atoms with Crippen LogP contribution in [0.1, 0.15) is 6.92 Å². The van der Waals surface area contributed by atoms with Crippen LogP contribution in [0.15, 0.2) is 0 Å². The zero-order valence-corrected chi connectivity index (χ0v) is 8.64. The zero-order valence-electron chi connectivity index (χ0n) is 7.13. The average molecular weight is 239 g/mol. The molecule has 0 unspecified atom stereocenters. The smallest absolute Gasteiger partial charge is 0.371 e. The lowest BCUT2D eigenvalue weighted by Gasteiger charge is -2.23. The van der Waals surface area contributed by atoms with Gasteiger partial charge in [-0.1, -0.05) is 6.92 Å². The molecule has 0 spiro atoms. The Bertz CT molecular complexity index is 145. The van der Waals surface area contributed by atoms with Crippen molar-refractivity contribution in [3.8, 4) is 0 Å². The zero-order chi connectivity index (χ0) is 10.5. The van der Waals surface area contributed by atoms with Crippen molar-refractivity contribution in [2.75, 3.05) is 25.0 Å². The molecule has 0 aliphatic heterocycles. The first kappa shape index (κ1) is 13.3. The third kappa shape index (κ3) is 6.41. The third-order valence-electron chi connectivity index (χ3n) is 1.36. The molecule has 0 aliphatic carbocycles. The molecule has 0 heterocycles. The SMILES string of the molecule is CC(CCl)(CCl)COCC(F)(F)F. The summed E-state index contributed by atoms with van der Waals surface area (Å²) in [6.45, 7) is 0.333. The van der Waals surface area contributed by atoms with Crippen molar-refractivity contribution in [3.63, 3.8) is 0 Å². The maximum atomic E-state index is 11.6. The Labute approximate surface area is 85.1 Å². The standard InChI is InChI=1S/C7H11Cl2F3O/c1-6(2-8,3-9)4-13-5-7(10,11)12/h2-5H2,1H3. The van der Waals surface area contributed by atoms with Gasteiger partial charge in [0.1, 0.15) is 6.61 Å². The summed E-state index contributed by atoms with van der Waals surface area (Å²) in [5.74, 6) is 0.350. The topological polar surface area (TPSA) is 9.23 Å². The second kappa shape index (κ2) is 5.27. The van der Waals surface area contributed by atoms with E-state index in [0.29, 0.717) is 0 Å². The van der Waals surface area contributed by atoms with Crippen molar-refractivity contribution in [1.82, 2.24) is 0 Å². The lowest BCUT2D eigenvalue weighted by atomic mass is 9.98. The largest absolute Gasteiger partial charge is 0.411 e. The van der Waals surface area contributed by atoms with Crippen molar-refractivity contribution in [2.45, 2.75) is 13.1 Å². The molecule has 80 valence electrons. The maximum absolute atomic E-state index is 11.6. The van der Waals surface area contributed by atoms with E-state index in [1.54, 1.807) is 6.92 Å². The first-order valence-electron chi connectivity index (χ1n) is 3.59. The van der Waals surface area contributed by atoms with Gasteiger partial charge in [0.25, 0.3) is 0 Å². The molecule has 0 fully saturated rings. The summed E-state index contributed by atoms with van der Waals surface area (Å²) in [6, 6.07) is 0.